The van der Waals surface area contributed by atoms with Crippen LogP contribution in [0.25, 0.3) is 50.2 Å². The van der Waals surface area contributed by atoms with Gasteiger partial charge in [-0.15, -0.1) is 0 Å². The van der Waals surface area contributed by atoms with Crippen LogP contribution < -0.4 is 9.30 Å². The normalized spacial score (nSPS) is 13.2. The van der Waals surface area contributed by atoms with E-state index in [-0.39, 0.29) is 5.41 Å². The number of aromatic nitrogens is 5. The first-order chi connectivity index (χ1) is 24.8. The van der Waals surface area contributed by atoms with E-state index in [0.29, 0.717) is 22.9 Å². The van der Waals surface area contributed by atoms with Crippen LogP contribution in [0.5, 0.6) is 11.5 Å². The largest absolute Gasteiger partial charge is 0.458 e. The maximum absolute atomic E-state index is 8.87. The third kappa shape index (κ3) is 5.91. The molecule has 0 aliphatic rings. The maximum atomic E-state index is 8.87. The highest BCUT2D eigenvalue weighted by atomic mass is 16.5. The molecule has 0 aliphatic carbocycles. The lowest BCUT2D eigenvalue weighted by atomic mass is 9.88. The van der Waals surface area contributed by atoms with Crippen LogP contribution in [-0.4, -0.2) is 19.1 Å². The van der Waals surface area contributed by atoms with Crippen molar-refractivity contribution >= 4 is 32.8 Å². The number of rotatable bonds is 6. The van der Waals surface area contributed by atoms with Gasteiger partial charge in [-0.3, -0.25) is 18.7 Å². The summed E-state index contributed by atoms with van der Waals surface area (Å²) in [4.78, 5) is 9.54. The number of pyridine rings is 2. The Morgan fingerprint density at radius 2 is 1.40 bits per heavy atom. The second-order valence-corrected chi connectivity index (χ2v) is 14.8. The first-order valence-electron chi connectivity index (χ1n) is 18.0. The minimum atomic E-state index is -1.53. The van der Waals surface area contributed by atoms with Crippen LogP contribution in [0.1, 0.15) is 55.4 Å². The van der Waals surface area contributed by atoms with Gasteiger partial charge < -0.3 is 4.74 Å². The van der Waals surface area contributed by atoms with Crippen molar-refractivity contribution in [2.24, 2.45) is 5.41 Å². The number of fused-ring (bicyclic) bond motifs is 4. The topological polar surface area (TPSA) is 48.8 Å². The van der Waals surface area contributed by atoms with Gasteiger partial charge in [-0.05, 0) is 71.3 Å². The molecular weight excluding hydrogens is 615 g/mol. The Morgan fingerprint density at radius 3 is 2.22 bits per heavy atom. The quantitative estimate of drug-likeness (QED) is 0.132. The highest BCUT2D eigenvalue weighted by Gasteiger charge is 2.19. The molecule has 0 atom stereocenters. The van der Waals surface area contributed by atoms with Crippen molar-refractivity contribution in [1.29, 1.82) is 0 Å². The average Bonchev–Trinajstić information content (AvgIpc) is 3.67. The number of nitrogens with zero attached hydrogens (tertiary/aromatic N) is 5. The van der Waals surface area contributed by atoms with Crippen LogP contribution in [0.3, 0.4) is 0 Å². The minimum absolute atomic E-state index is 0.0163. The lowest BCUT2D eigenvalue weighted by molar-refractivity contribution is -0.572. The number of imidazole rings is 1. The third-order valence-electron chi connectivity index (χ3n) is 8.85. The molecule has 248 valence electrons. The van der Waals surface area contributed by atoms with E-state index >= 15 is 0 Å². The minimum Gasteiger partial charge on any atom is -0.458 e. The summed E-state index contributed by atoms with van der Waals surface area (Å²) >= 11 is 0. The summed E-state index contributed by atoms with van der Waals surface area (Å²) in [7, 11) is 0. The van der Waals surface area contributed by atoms with Crippen molar-refractivity contribution in [3.63, 3.8) is 0 Å². The summed E-state index contributed by atoms with van der Waals surface area (Å²) in [5, 5.41) is 2.28. The van der Waals surface area contributed by atoms with E-state index in [2.05, 4.69) is 80.2 Å². The Balaban J connectivity index is 1.19. The van der Waals surface area contributed by atoms with E-state index in [1.165, 1.54) is 5.56 Å². The standard InChI is InChI=1S/C44H41N5O/c1-43(2,3)28-30-12-11-13-32(24-30)47-29-48(39-17-10-9-16-38(39)47)41-27-34(21-23-45-41)50-33-18-19-36-35-14-7-8-15-37(35)49(40(36)26-33)42-25-31(20-22-46-42)44(4,5)6/h7-27H,28H2,1-6H3/i28D2. The average molecular weight is 658 g/mol. The summed E-state index contributed by atoms with van der Waals surface area (Å²) < 4.78 is 30.4. The zero-order valence-electron chi connectivity index (χ0n) is 31.3. The first-order valence-corrected chi connectivity index (χ1v) is 17.0. The van der Waals surface area contributed by atoms with Gasteiger partial charge in [0.2, 0.25) is 0 Å². The number of ether oxygens (including phenoxy) is 1. The molecule has 0 fully saturated rings. The molecule has 8 aromatic rings. The zero-order valence-corrected chi connectivity index (χ0v) is 29.3. The number of benzene rings is 4. The molecule has 0 unspecified atom stereocenters. The molecule has 0 aliphatic heterocycles. The van der Waals surface area contributed by atoms with Gasteiger partial charge in [0.15, 0.2) is 5.82 Å². The number of hydrogen-bond acceptors (Lipinski definition) is 3. The molecule has 8 rings (SSSR count). The van der Waals surface area contributed by atoms with Crippen LogP contribution in [0.4, 0.5) is 0 Å². The number of hydrogen-bond donors (Lipinski definition) is 0. The molecule has 4 aromatic carbocycles. The third-order valence-corrected chi connectivity index (χ3v) is 8.85. The van der Waals surface area contributed by atoms with Gasteiger partial charge in [-0.1, -0.05) is 102 Å². The van der Waals surface area contributed by atoms with Crippen molar-refractivity contribution in [3.05, 3.63) is 145 Å². The fourth-order valence-electron chi connectivity index (χ4n) is 6.57. The Kier molecular flexibility index (Phi) is 7.00. The van der Waals surface area contributed by atoms with E-state index < -0.39 is 11.8 Å². The van der Waals surface area contributed by atoms with E-state index in [4.69, 9.17) is 17.4 Å². The van der Waals surface area contributed by atoms with Crippen LogP contribution in [0.2, 0.25) is 0 Å². The van der Waals surface area contributed by atoms with Crippen molar-refractivity contribution in [1.82, 2.24) is 19.1 Å². The molecule has 4 heterocycles. The van der Waals surface area contributed by atoms with Gasteiger partial charge in [-0.2, -0.15) is 0 Å². The summed E-state index contributed by atoms with van der Waals surface area (Å²) in [6.45, 7) is 12.4. The van der Waals surface area contributed by atoms with Gasteiger partial charge in [0.1, 0.15) is 17.3 Å². The Labute approximate surface area is 296 Å². The van der Waals surface area contributed by atoms with Crippen molar-refractivity contribution in [2.75, 3.05) is 0 Å². The Bertz CT molecular complexity index is 2620. The molecule has 0 bridgehead atoms. The second kappa shape index (κ2) is 12.0. The smallest absolute Gasteiger partial charge is 0.271 e. The molecule has 0 amide bonds. The summed E-state index contributed by atoms with van der Waals surface area (Å²) in [5.74, 6) is 2.84. The Morgan fingerprint density at radius 1 is 0.680 bits per heavy atom. The molecule has 6 heteroatoms. The molecule has 50 heavy (non-hydrogen) atoms. The highest BCUT2D eigenvalue weighted by molar-refractivity contribution is 6.09. The number of para-hydroxylation sites is 3. The van der Waals surface area contributed by atoms with Crippen molar-refractivity contribution in [3.8, 4) is 28.8 Å². The van der Waals surface area contributed by atoms with Gasteiger partial charge in [-0.25, -0.2) is 4.98 Å². The monoisotopic (exact) mass is 657 g/mol. The molecule has 6 nitrogen and oxygen atoms in total. The zero-order chi connectivity index (χ0) is 36.4. The van der Waals surface area contributed by atoms with Crippen molar-refractivity contribution in [2.45, 2.75) is 53.3 Å². The molecule has 0 N–H and O–H groups in total. The predicted molar refractivity (Wildman–Crippen MR) is 202 cm³/mol. The maximum Gasteiger partial charge on any atom is 0.271 e. The van der Waals surface area contributed by atoms with Crippen LogP contribution in [0, 0.1) is 11.7 Å². The van der Waals surface area contributed by atoms with E-state index in [9.17, 15) is 0 Å². The van der Waals surface area contributed by atoms with Crippen molar-refractivity contribution < 1.29 is 12.0 Å². The predicted octanol–water partition coefficient (Wildman–Crippen LogP) is 10.3. The summed E-state index contributed by atoms with van der Waals surface area (Å²) in [6.07, 6.45) is 5.60. The molecule has 0 saturated heterocycles. The Hall–Kier alpha value is -5.75. The lowest BCUT2D eigenvalue weighted by Crippen LogP contribution is -2.29. The molecule has 0 radical (unpaired) electrons. The van der Waals surface area contributed by atoms with Crippen LogP contribution >= 0.6 is 0 Å². The van der Waals surface area contributed by atoms with Gasteiger partial charge in [0.25, 0.3) is 6.33 Å². The summed E-state index contributed by atoms with van der Waals surface area (Å²) in [5.41, 5.74) is 5.99. The SMILES string of the molecule is [2H]C([2H])(c1cccc(-[n+]2[c-]n(-c3cc(Oc4ccc5c6ccccc6n(-c6cc(C(C)(C)C)ccn6)c5c4)ccn3)c3ccccc32)c1)C(C)(C)C. The molecule has 4 aromatic heterocycles. The lowest BCUT2D eigenvalue weighted by Gasteiger charge is -2.20. The van der Waals surface area contributed by atoms with E-state index in [0.717, 1.165) is 44.3 Å². The first kappa shape index (κ1) is 29.2. The summed E-state index contributed by atoms with van der Waals surface area (Å²) in [6, 6.07) is 38.4. The van der Waals surface area contributed by atoms with Gasteiger partial charge in [0, 0.05) is 38.0 Å². The molecule has 0 saturated carbocycles. The highest BCUT2D eigenvalue weighted by Crippen LogP contribution is 2.36. The fraction of sp³-hybridized carbons (Fsp3) is 0.205. The van der Waals surface area contributed by atoms with Gasteiger partial charge >= 0.3 is 0 Å². The van der Waals surface area contributed by atoms with E-state index in [1.807, 2.05) is 103 Å². The van der Waals surface area contributed by atoms with Crippen LogP contribution in [0.15, 0.2) is 128 Å². The fourth-order valence-corrected chi connectivity index (χ4v) is 6.57. The second-order valence-electron chi connectivity index (χ2n) is 14.8. The molecule has 0 spiro atoms. The van der Waals surface area contributed by atoms with Gasteiger partial charge in [0.05, 0.1) is 27.8 Å². The molecular formula is C44H41N5O. The van der Waals surface area contributed by atoms with E-state index in [1.54, 1.807) is 6.20 Å². The van der Waals surface area contributed by atoms with Crippen LogP contribution in [-0.2, 0) is 11.8 Å².